The number of fused-ring (bicyclic) bond motifs is 5. The Balaban J connectivity index is 1.32. The molecule has 0 saturated heterocycles. The van der Waals surface area contributed by atoms with Crippen LogP contribution in [0.5, 0.6) is 0 Å². The number of halogens is 1. The lowest BCUT2D eigenvalue weighted by atomic mass is 9.84. The van der Waals surface area contributed by atoms with Crippen molar-refractivity contribution in [2.45, 2.75) is 36.0 Å². The number of rotatable bonds is 6. The molecule has 8 rings (SSSR count). The molecule has 0 fully saturated rings. The molecule has 47 heavy (non-hydrogen) atoms. The average Bonchev–Trinajstić information content (AvgIpc) is 3.70. The van der Waals surface area contributed by atoms with Gasteiger partial charge in [-0.05, 0) is 55.3 Å². The van der Waals surface area contributed by atoms with Gasteiger partial charge < -0.3 is 9.32 Å². The highest BCUT2D eigenvalue weighted by Gasteiger charge is 2.66. The molecule has 0 bridgehead atoms. The van der Waals surface area contributed by atoms with Gasteiger partial charge in [-0.15, -0.1) is 10.2 Å². The summed E-state index contributed by atoms with van der Waals surface area (Å²) in [6, 6.07) is 28.0. The highest BCUT2D eigenvalue weighted by molar-refractivity contribution is 8.00. The standard InChI is InChI=1S/C36H25ClN4O4S2/c1-20-7-5-8-22(15-20)18-40-27-12-4-3-11-26(27)36(33(40)44)29-30(42)25-16-21(2)13-14-28(25)45-31(29)32(43)41(36)34-38-39-35(47-34)46-19-23-9-6-10-24(37)17-23/h3-17H,18-19H2,1-2H3. The summed E-state index contributed by atoms with van der Waals surface area (Å²) in [5, 5.41) is 9.95. The third kappa shape index (κ3) is 4.62. The molecule has 1 spiro atoms. The van der Waals surface area contributed by atoms with Crippen molar-refractivity contribution in [3.05, 3.63) is 145 Å². The molecule has 4 aromatic carbocycles. The zero-order chi connectivity index (χ0) is 32.4. The summed E-state index contributed by atoms with van der Waals surface area (Å²) in [7, 11) is 0. The minimum Gasteiger partial charge on any atom is -0.450 e. The Morgan fingerprint density at radius 1 is 0.872 bits per heavy atom. The maximum Gasteiger partial charge on any atom is 0.297 e. The van der Waals surface area contributed by atoms with Crippen molar-refractivity contribution in [3.63, 3.8) is 0 Å². The van der Waals surface area contributed by atoms with E-state index in [4.69, 9.17) is 16.0 Å². The molecule has 0 saturated carbocycles. The molecule has 2 aliphatic rings. The van der Waals surface area contributed by atoms with Crippen molar-refractivity contribution < 1.29 is 14.0 Å². The number of nitrogens with zero attached hydrogens (tertiary/aromatic N) is 4. The van der Waals surface area contributed by atoms with E-state index in [-0.39, 0.29) is 28.6 Å². The van der Waals surface area contributed by atoms with Gasteiger partial charge in [-0.1, -0.05) is 106 Å². The van der Waals surface area contributed by atoms with Crippen molar-refractivity contribution in [1.29, 1.82) is 0 Å². The van der Waals surface area contributed by atoms with E-state index in [1.165, 1.54) is 28.0 Å². The second kappa shape index (κ2) is 11.2. The third-order valence-corrected chi connectivity index (χ3v) is 10.9. The summed E-state index contributed by atoms with van der Waals surface area (Å²) in [6.45, 7) is 4.11. The van der Waals surface area contributed by atoms with Crippen molar-refractivity contribution in [2.75, 3.05) is 9.80 Å². The second-order valence-electron chi connectivity index (χ2n) is 11.7. The fourth-order valence-corrected chi connectivity index (χ4v) is 8.60. The summed E-state index contributed by atoms with van der Waals surface area (Å²) in [6.07, 6.45) is 0. The van der Waals surface area contributed by atoms with Crippen LogP contribution in [0.2, 0.25) is 5.02 Å². The van der Waals surface area contributed by atoms with E-state index in [9.17, 15) is 9.59 Å². The second-order valence-corrected chi connectivity index (χ2v) is 14.3. The van der Waals surface area contributed by atoms with Gasteiger partial charge in [0.05, 0.1) is 23.2 Å². The molecule has 2 aromatic heterocycles. The molecule has 2 aliphatic heterocycles. The fourth-order valence-electron chi connectivity index (χ4n) is 6.55. The minimum atomic E-state index is -1.85. The van der Waals surface area contributed by atoms with Crippen molar-refractivity contribution in [3.8, 4) is 0 Å². The molecule has 0 N–H and O–H groups in total. The highest BCUT2D eigenvalue weighted by atomic mass is 35.5. The number of aromatic nitrogens is 2. The van der Waals surface area contributed by atoms with E-state index in [0.717, 1.165) is 22.3 Å². The number of anilines is 2. The molecule has 0 aliphatic carbocycles. The molecular formula is C36H25ClN4O4S2. The lowest BCUT2D eigenvalue weighted by molar-refractivity contribution is -0.121. The molecule has 4 heterocycles. The predicted molar refractivity (Wildman–Crippen MR) is 185 cm³/mol. The molecule has 6 aromatic rings. The van der Waals surface area contributed by atoms with Gasteiger partial charge in [0.15, 0.2) is 15.3 Å². The first kappa shape index (κ1) is 29.6. The number of amides is 2. The van der Waals surface area contributed by atoms with Gasteiger partial charge >= 0.3 is 0 Å². The fraction of sp³-hybridized carbons (Fsp3) is 0.139. The summed E-state index contributed by atoms with van der Waals surface area (Å²) in [5.41, 5.74) is 2.93. The number of hydrogen-bond acceptors (Lipinski definition) is 8. The van der Waals surface area contributed by atoms with E-state index in [2.05, 4.69) is 10.2 Å². The zero-order valence-electron chi connectivity index (χ0n) is 25.2. The van der Waals surface area contributed by atoms with Gasteiger partial charge in [-0.3, -0.25) is 19.3 Å². The van der Waals surface area contributed by atoms with Gasteiger partial charge in [0.1, 0.15) is 5.58 Å². The van der Waals surface area contributed by atoms with Crippen LogP contribution in [0.25, 0.3) is 11.0 Å². The summed E-state index contributed by atoms with van der Waals surface area (Å²) in [5.74, 6) is -0.654. The topological polar surface area (TPSA) is 96.6 Å². The Hall–Kier alpha value is -4.77. The Bertz CT molecular complexity index is 2340. The van der Waals surface area contributed by atoms with Crippen molar-refractivity contribution in [1.82, 2.24) is 10.2 Å². The average molecular weight is 677 g/mol. The molecule has 232 valence electrons. The number of carbonyl (C=O) groups is 2. The Morgan fingerprint density at radius 2 is 1.66 bits per heavy atom. The smallest absolute Gasteiger partial charge is 0.297 e. The van der Waals surface area contributed by atoms with E-state index in [0.29, 0.717) is 31.8 Å². The number of hydrogen-bond donors (Lipinski definition) is 0. The van der Waals surface area contributed by atoms with Crippen LogP contribution in [0, 0.1) is 13.8 Å². The molecule has 8 nitrogen and oxygen atoms in total. The number of thioether (sulfide) groups is 1. The molecule has 0 radical (unpaired) electrons. The lowest BCUT2D eigenvalue weighted by Crippen LogP contribution is -2.53. The maximum absolute atomic E-state index is 15.2. The quantitative estimate of drug-likeness (QED) is 0.132. The van der Waals surface area contributed by atoms with Crippen LogP contribution < -0.4 is 15.2 Å². The van der Waals surface area contributed by atoms with Gasteiger partial charge in [-0.2, -0.15) is 0 Å². The summed E-state index contributed by atoms with van der Waals surface area (Å²) >= 11 is 8.81. The number of benzene rings is 4. The van der Waals surface area contributed by atoms with Gasteiger partial charge in [0.2, 0.25) is 10.9 Å². The van der Waals surface area contributed by atoms with Crippen LogP contribution in [0.1, 0.15) is 43.9 Å². The first-order valence-electron chi connectivity index (χ1n) is 14.9. The maximum atomic E-state index is 15.2. The van der Waals surface area contributed by atoms with Crippen molar-refractivity contribution >= 4 is 68.3 Å². The predicted octanol–water partition coefficient (Wildman–Crippen LogP) is 7.66. The largest absolute Gasteiger partial charge is 0.450 e. The first-order valence-corrected chi connectivity index (χ1v) is 17.0. The Morgan fingerprint density at radius 3 is 2.49 bits per heavy atom. The van der Waals surface area contributed by atoms with Gasteiger partial charge in [0, 0.05) is 16.3 Å². The molecule has 11 heteroatoms. The molecular weight excluding hydrogens is 652 g/mol. The van der Waals surface area contributed by atoms with Crippen molar-refractivity contribution in [2.24, 2.45) is 0 Å². The van der Waals surface area contributed by atoms with E-state index in [1.807, 2.05) is 86.6 Å². The van der Waals surface area contributed by atoms with Crippen LogP contribution in [0.4, 0.5) is 10.8 Å². The SMILES string of the molecule is Cc1cccc(CN2C(=O)C3(c4ccccc42)c2c(oc4ccc(C)cc4c2=O)C(=O)N3c2nnc(SCc3cccc(Cl)c3)s2)c1. The van der Waals surface area contributed by atoms with Gasteiger partial charge in [-0.25, -0.2) is 0 Å². The number of carbonyl (C=O) groups excluding carboxylic acids is 2. The number of aryl methyl sites for hydroxylation is 2. The monoisotopic (exact) mass is 676 g/mol. The van der Waals surface area contributed by atoms with Crippen LogP contribution in [0.3, 0.4) is 0 Å². The highest BCUT2D eigenvalue weighted by Crippen LogP contribution is 2.55. The third-order valence-electron chi connectivity index (χ3n) is 8.54. The van der Waals surface area contributed by atoms with Gasteiger partial charge in [0.25, 0.3) is 11.8 Å². The van der Waals surface area contributed by atoms with E-state index in [1.54, 1.807) is 23.1 Å². The van der Waals surface area contributed by atoms with E-state index >= 15 is 4.79 Å². The van der Waals surface area contributed by atoms with Crippen LogP contribution in [-0.4, -0.2) is 22.0 Å². The van der Waals surface area contributed by atoms with E-state index < -0.39 is 22.8 Å². The summed E-state index contributed by atoms with van der Waals surface area (Å²) in [4.78, 5) is 47.2. The normalized spacial score (nSPS) is 16.8. The first-order chi connectivity index (χ1) is 22.8. The summed E-state index contributed by atoms with van der Waals surface area (Å²) < 4.78 is 6.82. The lowest BCUT2D eigenvalue weighted by Gasteiger charge is -2.32. The van der Waals surface area contributed by atoms with Crippen LogP contribution in [-0.2, 0) is 22.6 Å². The Labute approximate surface area is 282 Å². The van der Waals surface area contributed by atoms with Crippen LogP contribution >= 0.6 is 34.7 Å². The Kier molecular flexibility index (Phi) is 7.05. The van der Waals surface area contributed by atoms with Crippen LogP contribution in [0.15, 0.2) is 105 Å². The molecule has 1 atom stereocenters. The minimum absolute atomic E-state index is 0.00637. The molecule has 1 unspecified atom stereocenters. The zero-order valence-corrected chi connectivity index (χ0v) is 27.6. The molecule has 2 amide bonds. The number of para-hydroxylation sites is 1.